The summed E-state index contributed by atoms with van der Waals surface area (Å²) in [5.41, 5.74) is 1.60. The van der Waals surface area contributed by atoms with Crippen LogP contribution in [0.5, 0.6) is 0 Å². The number of rotatable bonds is 7. The van der Waals surface area contributed by atoms with Gasteiger partial charge in [-0.05, 0) is 31.5 Å². The van der Waals surface area contributed by atoms with Gasteiger partial charge in [0.05, 0.1) is 12.2 Å². The zero-order valence-electron chi connectivity index (χ0n) is 16.7. The molecule has 2 aliphatic heterocycles. The first-order valence-electron chi connectivity index (χ1n) is 9.91. The molecule has 0 spiro atoms. The second-order valence-electron chi connectivity index (χ2n) is 7.71. The van der Waals surface area contributed by atoms with E-state index in [-0.39, 0.29) is 6.10 Å². The molecule has 4 atom stereocenters. The summed E-state index contributed by atoms with van der Waals surface area (Å²) >= 11 is 0. The lowest BCUT2D eigenvalue weighted by atomic mass is 10.1. The van der Waals surface area contributed by atoms with E-state index in [1.165, 1.54) is 0 Å². The summed E-state index contributed by atoms with van der Waals surface area (Å²) in [6.07, 6.45) is -1.37. The zero-order chi connectivity index (χ0) is 20.3. The summed E-state index contributed by atoms with van der Waals surface area (Å²) in [6, 6.07) is 18.9. The van der Waals surface area contributed by atoms with Gasteiger partial charge in [0.2, 0.25) is 0 Å². The molecule has 2 heterocycles. The molecular weight excluding hydrogens is 372 g/mol. The molecule has 0 saturated carbocycles. The molecule has 0 N–H and O–H groups in total. The Morgan fingerprint density at radius 1 is 1.00 bits per heavy atom. The predicted molar refractivity (Wildman–Crippen MR) is 105 cm³/mol. The van der Waals surface area contributed by atoms with Gasteiger partial charge in [-0.2, -0.15) is 0 Å². The van der Waals surface area contributed by atoms with E-state index in [1.807, 2.05) is 50.2 Å². The van der Waals surface area contributed by atoms with Crippen LogP contribution < -0.4 is 0 Å². The maximum atomic E-state index is 12.6. The van der Waals surface area contributed by atoms with Crippen LogP contribution in [-0.4, -0.2) is 43.0 Å². The maximum Gasteiger partial charge on any atom is 0.338 e. The first-order valence-corrected chi connectivity index (χ1v) is 9.91. The second-order valence-corrected chi connectivity index (χ2v) is 7.71. The van der Waals surface area contributed by atoms with Crippen LogP contribution in [0.15, 0.2) is 60.7 Å². The van der Waals surface area contributed by atoms with Crippen LogP contribution >= 0.6 is 0 Å². The lowest BCUT2D eigenvalue weighted by Crippen LogP contribution is -2.39. The normalized spacial score (nSPS) is 27.5. The van der Waals surface area contributed by atoms with Crippen LogP contribution in [-0.2, 0) is 30.3 Å². The summed E-state index contributed by atoms with van der Waals surface area (Å²) in [5.74, 6) is -1.18. The molecule has 4 rings (SSSR count). The van der Waals surface area contributed by atoms with Crippen molar-refractivity contribution in [3.8, 4) is 0 Å². The third-order valence-corrected chi connectivity index (χ3v) is 5.00. The van der Waals surface area contributed by atoms with E-state index in [0.29, 0.717) is 25.2 Å². The number of fused-ring (bicyclic) bond motifs is 1. The Hall–Kier alpha value is -2.25. The van der Waals surface area contributed by atoms with Crippen LogP contribution in [0.25, 0.3) is 0 Å². The van der Waals surface area contributed by atoms with E-state index in [4.69, 9.17) is 23.7 Å². The van der Waals surface area contributed by atoms with E-state index in [9.17, 15) is 4.79 Å². The minimum Gasteiger partial charge on any atom is -0.453 e. The van der Waals surface area contributed by atoms with E-state index in [2.05, 4.69) is 0 Å². The summed E-state index contributed by atoms with van der Waals surface area (Å²) in [4.78, 5) is 12.6. The van der Waals surface area contributed by atoms with Gasteiger partial charge in [-0.25, -0.2) is 4.79 Å². The first kappa shape index (κ1) is 20.0. The highest BCUT2D eigenvalue weighted by molar-refractivity contribution is 5.89. The maximum absolute atomic E-state index is 12.6. The summed E-state index contributed by atoms with van der Waals surface area (Å²) in [7, 11) is 0. The predicted octanol–water partition coefficient (Wildman–Crippen LogP) is 3.70. The number of esters is 1. The quantitative estimate of drug-likeness (QED) is 0.524. The number of hydrogen-bond acceptors (Lipinski definition) is 6. The largest absolute Gasteiger partial charge is 0.453 e. The van der Waals surface area contributed by atoms with Gasteiger partial charge in [0.25, 0.3) is 0 Å². The third-order valence-electron chi connectivity index (χ3n) is 5.00. The highest BCUT2D eigenvalue weighted by atomic mass is 16.8. The van der Waals surface area contributed by atoms with Crippen molar-refractivity contribution in [1.29, 1.82) is 0 Å². The molecule has 6 heteroatoms. The van der Waals surface area contributed by atoms with Gasteiger partial charge >= 0.3 is 5.97 Å². The monoisotopic (exact) mass is 398 g/mol. The van der Waals surface area contributed by atoms with Gasteiger partial charge in [0, 0.05) is 13.0 Å². The minimum atomic E-state index is -0.776. The van der Waals surface area contributed by atoms with E-state index >= 15 is 0 Å². The highest BCUT2D eigenvalue weighted by Crippen LogP contribution is 2.39. The zero-order valence-corrected chi connectivity index (χ0v) is 16.7. The molecule has 2 aromatic rings. The molecule has 0 unspecified atom stereocenters. The molecule has 0 radical (unpaired) electrons. The lowest BCUT2D eigenvalue weighted by molar-refractivity contribution is -0.216. The number of carbonyl (C=O) groups is 1. The molecule has 29 heavy (non-hydrogen) atoms. The van der Waals surface area contributed by atoms with Crippen molar-refractivity contribution in [1.82, 2.24) is 0 Å². The third kappa shape index (κ3) is 4.85. The molecule has 154 valence electrons. The van der Waals surface area contributed by atoms with Gasteiger partial charge < -0.3 is 23.7 Å². The van der Waals surface area contributed by atoms with Crippen molar-refractivity contribution in [2.45, 2.75) is 57.3 Å². The fourth-order valence-electron chi connectivity index (χ4n) is 3.65. The molecule has 0 aliphatic carbocycles. The topological polar surface area (TPSA) is 63.2 Å². The van der Waals surface area contributed by atoms with Crippen LogP contribution in [0, 0.1) is 0 Å². The summed E-state index contributed by atoms with van der Waals surface area (Å²) in [6.45, 7) is 4.64. The minimum absolute atomic E-state index is 0.357. The van der Waals surface area contributed by atoms with E-state index in [0.717, 1.165) is 5.56 Å². The fraction of sp³-hybridized carbons (Fsp3) is 0.435. The average Bonchev–Trinajstić information content (AvgIpc) is 3.18. The molecule has 2 saturated heterocycles. The SMILES string of the molecule is CC1(C)O[C@H]2O[C@H](CCOCc3ccccc3)[C@@H](OC(=O)c3ccccc3)[C@H]2O1. The molecule has 2 aliphatic rings. The Labute approximate surface area is 170 Å². The van der Waals surface area contributed by atoms with Gasteiger partial charge in [0.1, 0.15) is 6.10 Å². The van der Waals surface area contributed by atoms with Gasteiger partial charge in [0.15, 0.2) is 24.3 Å². The molecule has 2 fully saturated rings. The van der Waals surface area contributed by atoms with E-state index < -0.39 is 30.3 Å². The molecular formula is C23H26O6. The number of ether oxygens (including phenoxy) is 5. The standard InChI is InChI=1S/C23H26O6/c1-23(2)28-20-19(27-21(24)17-11-7-4-8-12-17)18(26-22(20)29-23)13-14-25-15-16-9-5-3-6-10-16/h3-12,18-20,22H,13-15H2,1-2H3/t18-,19-,20-,22-/m1/s1. The van der Waals surface area contributed by atoms with Crippen molar-refractivity contribution >= 4 is 5.97 Å². The van der Waals surface area contributed by atoms with Gasteiger partial charge in [-0.1, -0.05) is 48.5 Å². The van der Waals surface area contributed by atoms with Crippen molar-refractivity contribution in [3.63, 3.8) is 0 Å². The van der Waals surface area contributed by atoms with Crippen molar-refractivity contribution < 1.29 is 28.5 Å². The van der Waals surface area contributed by atoms with Crippen LogP contribution in [0.2, 0.25) is 0 Å². The van der Waals surface area contributed by atoms with Crippen LogP contribution in [0.4, 0.5) is 0 Å². The number of benzene rings is 2. The van der Waals surface area contributed by atoms with Crippen molar-refractivity contribution in [2.75, 3.05) is 6.61 Å². The molecule has 0 amide bonds. The Morgan fingerprint density at radius 2 is 1.69 bits per heavy atom. The van der Waals surface area contributed by atoms with Crippen molar-refractivity contribution in [2.24, 2.45) is 0 Å². The summed E-state index contributed by atoms with van der Waals surface area (Å²) < 4.78 is 29.4. The number of hydrogen-bond donors (Lipinski definition) is 0. The highest BCUT2D eigenvalue weighted by Gasteiger charge is 2.56. The molecule has 6 nitrogen and oxygen atoms in total. The Morgan fingerprint density at radius 3 is 2.41 bits per heavy atom. The lowest BCUT2D eigenvalue weighted by Gasteiger charge is -2.25. The summed E-state index contributed by atoms with van der Waals surface area (Å²) in [5, 5.41) is 0. The Bertz CT molecular complexity index is 807. The van der Waals surface area contributed by atoms with Crippen LogP contribution in [0.3, 0.4) is 0 Å². The molecule has 0 aromatic heterocycles. The second kappa shape index (κ2) is 8.63. The van der Waals surface area contributed by atoms with Gasteiger partial charge in [-0.3, -0.25) is 0 Å². The first-order chi connectivity index (χ1) is 14.0. The Balaban J connectivity index is 1.38. The smallest absolute Gasteiger partial charge is 0.338 e. The average molecular weight is 398 g/mol. The Kier molecular flexibility index (Phi) is 5.96. The number of carbonyl (C=O) groups excluding carboxylic acids is 1. The fourth-order valence-corrected chi connectivity index (χ4v) is 3.65. The van der Waals surface area contributed by atoms with Gasteiger partial charge in [-0.15, -0.1) is 0 Å². The van der Waals surface area contributed by atoms with Crippen molar-refractivity contribution in [3.05, 3.63) is 71.8 Å². The van der Waals surface area contributed by atoms with Crippen LogP contribution in [0.1, 0.15) is 36.2 Å². The van der Waals surface area contributed by atoms with E-state index in [1.54, 1.807) is 24.3 Å². The molecule has 0 bridgehead atoms. The molecule has 2 aromatic carbocycles.